The van der Waals surface area contributed by atoms with E-state index >= 15 is 0 Å². The van der Waals surface area contributed by atoms with Crippen LogP contribution in [-0.4, -0.2) is 15.0 Å². The van der Waals surface area contributed by atoms with E-state index in [1.54, 1.807) is 0 Å². The topological polar surface area (TPSA) is 38.7 Å². The van der Waals surface area contributed by atoms with Gasteiger partial charge in [0.1, 0.15) is 0 Å². The van der Waals surface area contributed by atoms with Gasteiger partial charge in [0.2, 0.25) is 0 Å². The molecule has 0 aliphatic carbocycles. The molecule has 284 valence electrons. The van der Waals surface area contributed by atoms with Gasteiger partial charge in [-0.2, -0.15) is 0 Å². The summed E-state index contributed by atoms with van der Waals surface area (Å²) in [6.07, 6.45) is 0. The Morgan fingerprint density at radius 3 is 1.30 bits per heavy atom. The summed E-state index contributed by atoms with van der Waals surface area (Å²) in [5.74, 6) is 1.94. The normalized spacial score (nSPS) is 11.6. The van der Waals surface area contributed by atoms with Gasteiger partial charge in [0.05, 0.1) is 0 Å². The molecular weight excluding hydrogens is 759 g/mol. The van der Waals surface area contributed by atoms with Crippen molar-refractivity contribution in [3.05, 3.63) is 212 Å². The van der Waals surface area contributed by atoms with Crippen molar-refractivity contribution in [3.8, 4) is 67.5 Å². The highest BCUT2D eigenvalue weighted by Crippen LogP contribution is 2.48. The zero-order valence-corrected chi connectivity index (χ0v) is 33.8. The number of nitrogens with zero attached hydrogens (tertiary/aromatic N) is 3. The van der Waals surface area contributed by atoms with Crippen LogP contribution in [0.25, 0.3) is 120 Å². The second kappa shape index (κ2) is 14.5. The first-order chi connectivity index (χ1) is 30.2. The lowest BCUT2D eigenvalue weighted by Crippen LogP contribution is -2.00. The van der Waals surface area contributed by atoms with E-state index < -0.39 is 0 Å². The minimum Gasteiger partial charge on any atom is -0.208 e. The van der Waals surface area contributed by atoms with E-state index in [4.69, 9.17) is 15.0 Å². The molecule has 0 aliphatic heterocycles. The molecule has 2 aromatic heterocycles. The molecule has 0 radical (unpaired) electrons. The molecule has 12 aromatic rings. The first-order valence-electron chi connectivity index (χ1n) is 20.6. The molecule has 0 bridgehead atoms. The van der Waals surface area contributed by atoms with Gasteiger partial charge in [-0.1, -0.05) is 194 Å². The van der Waals surface area contributed by atoms with E-state index in [2.05, 4.69) is 194 Å². The van der Waals surface area contributed by atoms with E-state index in [0.29, 0.717) is 17.5 Å². The van der Waals surface area contributed by atoms with Crippen molar-refractivity contribution in [2.24, 2.45) is 0 Å². The lowest BCUT2D eigenvalue weighted by molar-refractivity contribution is 1.08. The lowest BCUT2D eigenvalue weighted by Gasteiger charge is -2.15. The molecule has 0 fully saturated rings. The van der Waals surface area contributed by atoms with Crippen molar-refractivity contribution in [2.75, 3.05) is 0 Å². The maximum Gasteiger partial charge on any atom is 0.164 e. The Bertz CT molecular complexity index is 3610. The Labute approximate surface area is 356 Å². The van der Waals surface area contributed by atoms with Crippen LogP contribution >= 0.6 is 11.3 Å². The van der Waals surface area contributed by atoms with Crippen molar-refractivity contribution >= 4 is 63.8 Å². The lowest BCUT2D eigenvalue weighted by atomic mass is 9.91. The Hall–Kier alpha value is -7.79. The molecule has 0 spiro atoms. The largest absolute Gasteiger partial charge is 0.208 e. The van der Waals surface area contributed by atoms with E-state index in [-0.39, 0.29) is 0 Å². The molecule has 10 aromatic carbocycles. The van der Waals surface area contributed by atoms with E-state index in [1.807, 2.05) is 29.5 Å². The van der Waals surface area contributed by atoms with Crippen LogP contribution in [0.5, 0.6) is 0 Å². The second-order valence-electron chi connectivity index (χ2n) is 15.5. The second-order valence-corrected chi connectivity index (χ2v) is 16.6. The number of thiophene rings is 1. The molecule has 0 saturated carbocycles. The number of fused-ring (bicyclic) bond motifs is 10. The molecule has 61 heavy (non-hydrogen) atoms. The maximum atomic E-state index is 5.35. The summed E-state index contributed by atoms with van der Waals surface area (Å²) in [4.78, 5) is 15.8. The first-order valence-corrected chi connectivity index (χ1v) is 21.4. The Morgan fingerprint density at radius 1 is 0.262 bits per heavy atom. The van der Waals surface area contributed by atoms with Crippen LogP contribution in [0.2, 0.25) is 0 Å². The minimum absolute atomic E-state index is 0.638. The molecule has 0 aliphatic rings. The summed E-state index contributed by atoms with van der Waals surface area (Å²) < 4.78 is 2.49. The summed E-state index contributed by atoms with van der Waals surface area (Å²) in [7, 11) is 0. The van der Waals surface area contributed by atoms with E-state index in [0.717, 1.165) is 27.8 Å². The van der Waals surface area contributed by atoms with Gasteiger partial charge in [-0.25, -0.2) is 15.0 Å². The van der Waals surface area contributed by atoms with Crippen LogP contribution in [0.15, 0.2) is 212 Å². The van der Waals surface area contributed by atoms with Crippen molar-refractivity contribution in [1.82, 2.24) is 15.0 Å². The average Bonchev–Trinajstić information content (AvgIpc) is 3.74. The van der Waals surface area contributed by atoms with Crippen LogP contribution in [0.4, 0.5) is 0 Å². The third-order valence-electron chi connectivity index (χ3n) is 11.9. The van der Waals surface area contributed by atoms with Crippen molar-refractivity contribution in [1.29, 1.82) is 0 Å². The van der Waals surface area contributed by atoms with Gasteiger partial charge >= 0.3 is 0 Å². The number of rotatable bonds is 6. The van der Waals surface area contributed by atoms with Crippen LogP contribution < -0.4 is 0 Å². The maximum absolute atomic E-state index is 5.35. The predicted molar refractivity (Wildman–Crippen MR) is 258 cm³/mol. The third-order valence-corrected chi connectivity index (χ3v) is 13.1. The number of benzene rings is 10. The van der Waals surface area contributed by atoms with Gasteiger partial charge in [-0.05, 0) is 78.5 Å². The zero-order valence-electron chi connectivity index (χ0n) is 33.0. The molecule has 12 rings (SSSR count). The number of hydrogen-bond donors (Lipinski definition) is 0. The summed E-state index contributed by atoms with van der Waals surface area (Å²) in [6.45, 7) is 0. The fraction of sp³-hybridized carbons (Fsp3) is 0. The van der Waals surface area contributed by atoms with E-state index in [1.165, 1.54) is 74.7 Å². The van der Waals surface area contributed by atoms with Gasteiger partial charge in [0.15, 0.2) is 17.5 Å². The molecular formula is C57H35N3S. The Morgan fingerprint density at radius 2 is 0.672 bits per heavy atom. The fourth-order valence-electron chi connectivity index (χ4n) is 8.96. The Kier molecular flexibility index (Phi) is 8.36. The molecule has 2 heterocycles. The van der Waals surface area contributed by atoms with Gasteiger partial charge in [0.25, 0.3) is 0 Å². The van der Waals surface area contributed by atoms with Gasteiger partial charge in [-0.15, -0.1) is 11.3 Å². The van der Waals surface area contributed by atoms with E-state index in [9.17, 15) is 0 Å². The highest BCUT2D eigenvalue weighted by Gasteiger charge is 2.22. The third kappa shape index (κ3) is 6.07. The highest BCUT2D eigenvalue weighted by molar-refractivity contribution is 7.27. The molecule has 4 heteroatoms. The van der Waals surface area contributed by atoms with Gasteiger partial charge in [-0.3, -0.25) is 0 Å². The summed E-state index contributed by atoms with van der Waals surface area (Å²) in [5, 5.41) is 9.84. The SMILES string of the molecule is c1ccc(-c2ccc(-c3cccc(-c4ccc(-c5nc(-c6ccccc6)nc(-c6cc7c8ccccc8c8ccccc8c7c7sc8ccccc8c67)n5)cc4)c3)cc2)cc1. The molecule has 3 nitrogen and oxygen atoms in total. The van der Waals surface area contributed by atoms with Crippen LogP contribution in [0.1, 0.15) is 0 Å². The minimum atomic E-state index is 0.638. The predicted octanol–water partition coefficient (Wildman–Crippen LogP) is 15.7. The smallest absolute Gasteiger partial charge is 0.164 e. The van der Waals surface area contributed by atoms with Crippen molar-refractivity contribution < 1.29 is 0 Å². The number of hydrogen-bond acceptors (Lipinski definition) is 4. The molecule has 0 saturated heterocycles. The van der Waals surface area contributed by atoms with Crippen LogP contribution in [0, 0.1) is 0 Å². The fourth-order valence-corrected chi connectivity index (χ4v) is 10.3. The highest BCUT2D eigenvalue weighted by atomic mass is 32.1. The first kappa shape index (κ1) is 35.2. The molecule has 0 amide bonds. The quantitative estimate of drug-likeness (QED) is 0.157. The summed E-state index contributed by atoms with van der Waals surface area (Å²) in [6, 6.07) is 75.6. The summed E-state index contributed by atoms with van der Waals surface area (Å²) >= 11 is 1.85. The van der Waals surface area contributed by atoms with Gasteiger partial charge in [0, 0.05) is 42.2 Å². The molecule has 0 N–H and O–H groups in total. The standard InChI is InChI=1S/C57H35N3S/c1-3-14-36(15-4-1)37-26-28-38(29-27-37)42-18-13-19-43(34-42)39-30-32-41(33-31-39)56-58-55(40-16-5-2-6-17-40)59-57(60-56)50-35-49-46-22-8-7-20-44(46)45-21-9-10-23-47(45)52(49)54-53(50)48-24-11-12-25-51(48)61-54/h1-35H. The summed E-state index contributed by atoms with van der Waals surface area (Å²) in [5.41, 5.74) is 9.96. The monoisotopic (exact) mass is 793 g/mol. The Balaban J connectivity index is 1.01. The van der Waals surface area contributed by atoms with Crippen molar-refractivity contribution in [3.63, 3.8) is 0 Å². The number of aromatic nitrogens is 3. The van der Waals surface area contributed by atoms with Gasteiger partial charge < -0.3 is 0 Å². The van der Waals surface area contributed by atoms with Crippen molar-refractivity contribution in [2.45, 2.75) is 0 Å². The zero-order chi connectivity index (χ0) is 40.3. The molecule has 0 unspecified atom stereocenters. The molecule has 0 atom stereocenters. The van der Waals surface area contributed by atoms with Crippen LogP contribution in [0.3, 0.4) is 0 Å². The van der Waals surface area contributed by atoms with Crippen LogP contribution in [-0.2, 0) is 0 Å². The average molecular weight is 794 g/mol.